The van der Waals surface area contributed by atoms with E-state index in [9.17, 15) is 4.79 Å². The van der Waals surface area contributed by atoms with Gasteiger partial charge in [-0.25, -0.2) is 0 Å². The number of hydrogen-bond donors (Lipinski definition) is 1. The van der Waals surface area contributed by atoms with Gasteiger partial charge >= 0.3 is 0 Å². The number of amides is 1. The van der Waals surface area contributed by atoms with Gasteiger partial charge in [-0.15, -0.1) is 6.58 Å². The van der Waals surface area contributed by atoms with Crippen LogP contribution in [0.1, 0.15) is 6.42 Å². The second-order valence-corrected chi connectivity index (χ2v) is 4.30. The Labute approximate surface area is 103 Å². The molecular formula is C12H23N3O2. The number of ether oxygens (including phenoxy) is 1. The highest BCUT2D eigenvalue weighted by Crippen LogP contribution is 2.04. The van der Waals surface area contributed by atoms with Crippen LogP contribution in [0.3, 0.4) is 0 Å². The molecule has 1 aliphatic rings. The smallest absolute Gasteiger partial charge is 0.239 e. The lowest BCUT2D eigenvalue weighted by Crippen LogP contribution is -2.53. The molecule has 0 spiro atoms. The summed E-state index contributed by atoms with van der Waals surface area (Å²) in [5.74, 6) is 0.0419. The number of carbonyl (C=O) groups excluding carboxylic acids is 1. The Hall–Kier alpha value is -0.910. The minimum absolute atomic E-state index is 0.0419. The van der Waals surface area contributed by atoms with Gasteiger partial charge in [-0.05, 0) is 6.42 Å². The van der Waals surface area contributed by atoms with Crippen LogP contribution in [-0.2, 0) is 9.53 Å². The molecule has 17 heavy (non-hydrogen) atoms. The highest BCUT2D eigenvalue weighted by Gasteiger charge is 2.24. The fraction of sp³-hybridized carbons (Fsp3) is 0.750. The fourth-order valence-corrected chi connectivity index (χ4v) is 1.94. The van der Waals surface area contributed by atoms with Gasteiger partial charge in [0, 0.05) is 46.4 Å². The number of hydrogen-bond acceptors (Lipinski definition) is 4. The van der Waals surface area contributed by atoms with Gasteiger partial charge in [0.2, 0.25) is 5.91 Å². The van der Waals surface area contributed by atoms with Crippen LogP contribution in [-0.4, -0.2) is 68.2 Å². The van der Waals surface area contributed by atoms with Crippen LogP contribution in [0.15, 0.2) is 12.7 Å². The van der Waals surface area contributed by atoms with Crippen molar-refractivity contribution in [1.29, 1.82) is 0 Å². The first kappa shape index (κ1) is 14.2. The molecule has 98 valence electrons. The van der Waals surface area contributed by atoms with Gasteiger partial charge in [0.25, 0.3) is 0 Å². The molecule has 0 aromatic heterocycles. The maximum Gasteiger partial charge on any atom is 0.239 e. The maximum absolute atomic E-state index is 12.0. The number of nitrogens with zero attached hydrogens (tertiary/aromatic N) is 2. The van der Waals surface area contributed by atoms with Crippen LogP contribution < -0.4 is 5.73 Å². The van der Waals surface area contributed by atoms with Gasteiger partial charge in [0.1, 0.15) is 0 Å². The van der Waals surface area contributed by atoms with Crippen molar-refractivity contribution in [3.8, 4) is 0 Å². The van der Waals surface area contributed by atoms with Crippen molar-refractivity contribution in [3.63, 3.8) is 0 Å². The van der Waals surface area contributed by atoms with Gasteiger partial charge in [0.05, 0.1) is 6.04 Å². The largest absolute Gasteiger partial charge is 0.385 e. The number of methoxy groups -OCH3 is 1. The van der Waals surface area contributed by atoms with Crippen LogP contribution in [0, 0.1) is 0 Å². The fourth-order valence-electron chi connectivity index (χ4n) is 1.94. The molecular weight excluding hydrogens is 218 g/mol. The van der Waals surface area contributed by atoms with Crippen molar-refractivity contribution in [2.75, 3.05) is 46.4 Å². The van der Waals surface area contributed by atoms with Crippen molar-refractivity contribution in [1.82, 2.24) is 9.80 Å². The Bertz CT molecular complexity index is 250. The summed E-state index contributed by atoms with van der Waals surface area (Å²) >= 11 is 0. The molecule has 1 fully saturated rings. The van der Waals surface area contributed by atoms with E-state index in [1.807, 2.05) is 11.0 Å². The van der Waals surface area contributed by atoms with E-state index in [1.165, 1.54) is 0 Å². The van der Waals surface area contributed by atoms with Crippen LogP contribution in [0.2, 0.25) is 0 Å². The summed E-state index contributed by atoms with van der Waals surface area (Å²) in [4.78, 5) is 16.1. The number of nitrogens with two attached hydrogens (primary N) is 1. The van der Waals surface area contributed by atoms with E-state index >= 15 is 0 Å². The molecule has 1 amide bonds. The molecule has 5 heteroatoms. The van der Waals surface area contributed by atoms with Gasteiger partial charge in [-0.2, -0.15) is 0 Å². The van der Waals surface area contributed by atoms with Gasteiger partial charge in [-0.1, -0.05) is 6.08 Å². The van der Waals surface area contributed by atoms with E-state index in [-0.39, 0.29) is 5.91 Å². The van der Waals surface area contributed by atoms with Gasteiger partial charge in [-0.3, -0.25) is 9.69 Å². The van der Waals surface area contributed by atoms with E-state index in [0.29, 0.717) is 13.0 Å². The molecule has 1 aliphatic heterocycles. The standard InChI is InChI=1S/C12H23N3O2/c1-3-5-14-6-8-15(9-7-14)12(16)11(13)4-10-17-2/h3,11H,1,4-10,13H2,2H3. The van der Waals surface area contributed by atoms with E-state index in [0.717, 1.165) is 32.7 Å². The molecule has 1 saturated heterocycles. The summed E-state index contributed by atoms with van der Waals surface area (Å²) in [7, 11) is 1.62. The zero-order valence-corrected chi connectivity index (χ0v) is 10.6. The summed E-state index contributed by atoms with van der Waals surface area (Å²) in [6.45, 7) is 8.44. The Kier molecular flexibility index (Phi) is 6.18. The van der Waals surface area contributed by atoms with Crippen molar-refractivity contribution >= 4 is 5.91 Å². The molecule has 0 aliphatic carbocycles. The van der Waals surface area contributed by atoms with Crippen LogP contribution >= 0.6 is 0 Å². The quantitative estimate of drug-likeness (QED) is 0.648. The molecule has 0 radical (unpaired) electrons. The van der Waals surface area contributed by atoms with Gasteiger partial charge < -0.3 is 15.4 Å². The van der Waals surface area contributed by atoms with Crippen molar-refractivity contribution in [3.05, 3.63) is 12.7 Å². The molecule has 0 bridgehead atoms. The molecule has 0 aromatic carbocycles. The third kappa shape index (κ3) is 4.46. The van der Waals surface area contributed by atoms with Crippen molar-refractivity contribution in [2.45, 2.75) is 12.5 Å². The average Bonchev–Trinajstić information content (AvgIpc) is 2.36. The molecule has 1 heterocycles. The Morgan fingerprint density at radius 1 is 1.47 bits per heavy atom. The Morgan fingerprint density at radius 3 is 2.65 bits per heavy atom. The van der Waals surface area contributed by atoms with Crippen molar-refractivity contribution in [2.24, 2.45) is 5.73 Å². The molecule has 1 atom stereocenters. The number of carbonyl (C=O) groups is 1. The Morgan fingerprint density at radius 2 is 2.12 bits per heavy atom. The highest BCUT2D eigenvalue weighted by molar-refractivity contribution is 5.81. The zero-order valence-electron chi connectivity index (χ0n) is 10.6. The second-order valence-electron chi connectivity index (χ2n) is 4.30. The van der Waals surface area contributed by atoms with E-state index in [4.69, 9.17) is 10.5 Å². The first-order valence-corrected chi connectivity index (χ1v) is 6.05. The minimum atomic E-state index is -0.430. The van der Waals surface area contributed by atoms with Crippen LogP contribution in [0.4, 0.5) is 0 Å². The summed E-state index contributed by atoms with van der Waals surface area (Å²) in [6, 6.07) is -0.430. The molecule has 0 aromatic rings. The van der Waals surface area contributed by atoms with E-state index in [1.54, 1.807) is 7.11 Å². The van der Waals surface area contributed by atoms with Crippen molar-refractivity contribution < 1.29 is 9.53 Å². The SMILES string of the molecule is C=CCN1CCN(C(=O)C(N)CCOC)CC1. The topological polar surface area (TPSA) is 58.8 Å². The second kappa shape index (κ2) is 7.42. The third-order valence-corrected chi connectivity index (χ3v) is 3.02. The maximum atomic E-state index is 12.0. The molecule has 2 N–H and O–H groups in total. The molecule has 1 rings (SSSR count). The lowest BCUT2D eigenvalue weighted by molar-refractivity contribution is -0.134. The summed E-state index contributed by atoms with van der Waals surface area (Å²) < 4.78 is 4.93. The summed E-state index contributed by atoms with van der Waals surface area (Å²) in [5, 5.41) is 0. The number of piperazine rings is 1. The molecule has 1 unspecified atom stereocenters. The Balaban J connectivity index is 2.32. The van der Waals surface area contributed by atoms with Gasteiger partial charge in [0.15, 0.2) is 0 Å². The monoisotopic (exact) mass is 241 g/mol. The highest BCUT2D eigenvalue weighted by atomic mass is 16.5. The predicted octanol–water partition coefficient (Wildman–Crippen LogP) is -0.320. The third-order valence-electron chi connectivity index (χ3n) is 3.02. The summed E-state index contributed by atoms with van der Waals surface area (Å²) in [6.07, 6.45) is 2.48. The predicted molar refractivity (Wildman–Crippen MR) is 67.7 cm³/mol. The van der Waals surface area contributed by atoms with E-state index in [2.05, 4.69) is 11.5 Å². The van der Waals surface area contributed by atoms with Crippen LogP contribution in [0.25, 0.3) is 0 Å². The molecule has 5 nitrogen and oxygen atoms in total. The molecule has 0 saturated carbocycles. The van der Waals surface area contributed by atoms with Crippen LogP contribution in [0.5, 0.6) is 0 Å². The number of rotatable bonds is 6. The first-order valence-electron chi connectivity index (χ1n) is 6.05. The average molecular weight is 241 g/mol. The minimum Gasteiger partial charge on any atom is -0.385 e. The zero-order chi connectivity index (χ0) is 12.7. The normalized spacial score (nSPS) is 19.1. The lowest BCUT2D eigenvalue weighted by Gasteiger charge is -2.35. The lowest BCUT2D eigenvalue weighted by atomic mass is 10.2. The summed E-state index contributed by atoms with van der Waals surface area (Å²) in [5.41, 5.74) is 5.83. The first-order chi connectivity index (χ1) is 8.19. The van der Waals surface area contributed by atoms with E-state index < -0.39 is 6.04 Å².